The molecule has 1 unspecified atom stereocenters. The Bertz CT molecular complexity index is 682. The molecule has 0 saturated carbocycles. The number of anilines is 1. The van der Waals surface area contributed by atoms with Crippen LogP contribution in [-0.4, -0.2) is 14.3 Å². The lowest BCUT2D eigenvalue weighted by Crippen LogP contribution is -2.06. The van der Waals surface area contributed by atoms with E-state index in [1.807, 2.05) is 48.6 Å². The molecule has 0 aliphatic carbocycles. The van der Waals surface area contributed by atoms with Crippen molar-refractivity contribution in [3.63, 3.8) is 0 Å². The first kappa shape index (κ1) is 12.5. The molecule has 0 aliphatic heterocycles. The topological polar surface area (TPSA) is 34.8 Å². The molecule has 0 saturated heterocycles. The Balaban J connectivity index is 1.79. The Kier molecular flexibility index (Phi) is 3.29. The minimum atomic E-state index is 0.226. The molecule has 4 heteroatoms. The van der Waals surface area contributed by atoms with Crippen molar-refractivity contribution in [2.24, 2.45) is 7.05 Å². The van der Waals surface area contributed by atoms with E-state index in [0.29, 0.717) is 0 Å². The highest BCUT2D eigenvalue weighted by molar-refractivity contribution is 5.52. The number of aromatic nitrogens is 3. The van der Waals surface area contributed by atoms with E-state index in [4.69, 9.17) is 0 Å². The zero-order valence-corrected chi connectivity index (χ0v) is 11.7. The van der Waals surface area contributed by atoms with Gasteiger partial charge in [0.2, 0.25) is 0 Å². The van der Waals surface area contributed by atoms with E-state index in [-0.39, 0.29) is 6.04 Å². The van der Waals surface area contributed by atoms with E-state index in [0.717, 1.165) is 11.4 Å². The van der Waals surface area contributed by atoms with Crippen LogP contribution in [0.3, 0.4) is 0 Å². The first-order chi connectivity index (χ1) is 9.72. The van der Waals surface area contributed by atoms with E-state index in [1.165, 1.54) is 5.56 Å². The number of aryl methyl sites for hydroxylation is 1. The third-order valence-electron chi connectivity index (χ3n) is 3.36. The van der Waals surface area contributed by atoms with Crippen molar-refractivity contribution in [1.82, 2.24) is 14.3 Å². The molecule has 1 N–H and O–H groups in total. The predicted octanol–water partition coefficient (Wildman–Crippen LogP) is 3.38. The van der Waals surface area contributed by atoms with Crippen LogP contribution in [0, 0.1) is 0 Å². The van der Waals surface area contributed by atoms with Crippen molar-refractivity contribution in [2.75, 3.05) is 5.32 Å². The van der Waals surface area contributed by atoms with Gasteiger partial charge in [-0.3, -0.25) is 4.68 Å². The van der Waals surface area contributed by atoms with Gasteiger partial charge in [-0.1, -0.05) is 6.07 Å². The van der Waals surface area contributed by atoms with Crippen LogP contribution < -0.4 is 5.32 Å². The van der Waals surface area contributed by atoms with Gasteiger partial charge in [-0.25, -0.2) is 0 Å². The van der Waals surface area contributed by atoms with Gasteiger partial charge in [0.05, 0.1) is 12.2 Å². The average molecular weight is 266 g/mol. The Morgan fingerprint density at radius 3 is 2.65 bits per heavy atom. The smallest absolute Gasteiger partial charge is 0.0542 e. The number of rotatable bonds is 4. The third-order valence-corrected chi connectivity index (χ3v) is 3.36. The van der Waals surface area contributed by atoms with Gasteiger partial charge in [-0.15, -0.1) is 0 Å². The maximum atomic E-state index is 4.21. The van der Waals surface area contributed by atoms with Gasteiger partial charge in [0.1, 0.15) is 0 Å². The maximum absolute atomic E-state index is 4.21. The van der Waals surface area contributed by atoms with Gasteiger partial charge in [-0.2, -0.15) is 5.10 Å². The van der Waals surface area contributed by atoms with Gasteiger partial charge in [0.15, 0.2) is 0 Å². The zero-order chi connectivity index (χ0) is 13.9. The van der Waals surface area contributed by atoms with Gasteiger partial charge < -0.3 is 9.88 Å². The van der Waals surface area contributed by atoms with Crippen molar-refractivity contribution in [3.05, 3.63) is 66.7 Å². The Hall–Kier alpha value is -2.49. The highest BCUT2D eigenvalue weighted by Crippen LogP contribution is 2.21. The van der Waals surface area contributed by atoms with E-state index in [2.05, 4.69) is 46.2 Å². The molecule has 20 heavy (non-hydrogen) atoms. The normalized spacial score (nSPS) is 12.3. The summed E-state index contributed by atoms with van der Waals surface area (Å²) in [5, 5.41) is 7.72. The summed E-state index contributed by atoms with van der Waals surface area (Å²) in [6.45, 7) is 2.14. The molecular weight excluding hydrogens is 248 g/mol. The maximum Gasteiger partial charge on any atom is 0.0542 e. The highest BCUT2D eigenvalue weighted by atomic mass is 15.2. The van der Waals surface area contributed by atoms with Crippen LogP contribution >= 0.6 is 0 Å². The second-order valence-electron chi connectivity index (χ2n) is 4.95. The monoisotopic (exact) mass is 266 g/mol. The SMILES string of the molecule is CC(Nc1cccc(-n2cccc2)c1)c1cnn(C)c1. The highest BCUT2D eigenvalue weighted by Gasteiger charge is 2.07. The van der Waals surface area contributed by atoms with Gasteiger partial charge in [-0.05, 0) is 37.3 Å². The van der Waals surface area contributed by atoms with Crippen molar-refractivity contribution in [2.45, 2.75) is 13.0 Å². The molecule has 0 spiro atoms. The molecule has 0 aliphatic rings. The standard InChI is InChI=1S/C16H18N4/c1-13(14-11-17-19(2)12-14)18-15-6-5-7-16(10-15)20-8-3-4-9-20/h3-13,18H,1-2H3. The second kappa shape index (κ2) is 5.25. The molecular formula is C16H18N4. The van der Waals surface area contributed by atoms with E-state index < -0.39 is 0 Å². The van der Waals surface area contributed by atoms with Gasteiger partial charge >= 0.3 is 0 Å². The second-order valence-corrected chi connectivity index (χ2v) is 4.95. The first-order valence-corrected chi connectivity index (χ1v) is 6.71. The Morgan fingerprint density at radius 2 is 1.95 bits per heavy atom. The summed E-state index contributed by atoms with van der Waals surface area (Å²) < 4.78 is 3.92. The van der Waals surface area contributed by atoms with E-state index in [9.17, 15) is 0 Å². The number of nitrogens with zero attached hydrogens (tertiary/aromatic N) is 3. The van der Waals surface area contributed by atoms with Crippen LogP contribution in [0.5, 0.6) is 0 Å². The summed E-state index contributed by atoms with van der Waals surface area (Å²) >= 11 is 0. The Morgan fingerprint density at radius 1 is 1.15 bits per heavy atom. The minimum absolute atomic E-state index is 0.226. The summed E-state index contributed by atoms with van der Waals surface area (Å²) in [5.41, 5.74) is 3.44. The fourth-order valence-electron chi connectivity index (χ4n) is 2.26. The van der Waals surface area contributed by atoms with Crippen molar-refractivity contribution < 1.29 is 0 Å². The summed E-state index contributed by atoms with van der Waals surface area (Å²) in [4.78, 5) is 0. The molecule has 2 heterocycles. The largest absolute Gasteiger partial charge is 0.378 e. The fraction of sp³-hybridized carbons (Fsp3) is 0.188. The van der Waals surface area contributed by atoms with Crippen LogP contribution in [0.2, 0.25) is 0 Å². The molecule has 2 aromatic heterocycles. The molecule has 0 bridgehead atoms. The van der Waals surface area contributed by atoms with Crippen LogP contribution in [-0.2, 0) is 7.05 Å². The number of benzene rings is 1. The fourth-order valence-corrected chi connectivity index (χ4v) is 2.26. The van der Waals surface area contributed by atoms with Crippen molar-refractivity contribution in [1.29, 1.82) is 0 Å². The van der Waals surface area contributed by atoms with Gasteiger partial charge in [0, 0.05) is 42.6 Å². The van der Waals surface area contributed by atoms with Crippen LogP contribution in [0.25, 0.3) is 5.69 Å². The molecule has 3 aromatic rings. The predicted molar refractivity (Wildman–Crippen MR) is 81.0 cm³/mol. The van der Waals surface area contributed by atoms with E-state index >= 15 is 0 Å². The van der Waals surface area contributed by atoms with Crippen LogP contribution in [0.1, 0.15) is 18.5 Å². The zero-order valence-electron chi connectivity index (χ0n) is 11.7. The molecule has 0 radical (unpaired) electrons. The molecule has 4 nitrogen and oxygen atoms in total. The molecule has 1 atom stereocenters. The lowest BCUT2D eigenvalue weighted by Gasteiger charge is -2.14. The number of nitrogens with one attached hydrogen (secondary N) is 1. The lowest BCUT2D eigenvalue weighted by molar-refractivity contribution is 0.765. The first-order valence-electron chi connectivity index (χ1n) is 6.71. The summed E-state index contributed by atoms with van der Waals surface area (Å²) in [6, 6.07) is 12.7. The summed E-state index contributed by atoms with van der Waals surface area (Å²) in [7, 11) is 1.93. The number of hydrogen-bond donors (Lipinski definition) is 1. The van der Waals surface area contributed by atoms with Crippen LogP contribution in [0.4, 0.5) is 5.69 Å². The molecule has 102 valence electrons. The number of hydrogen-bond acceptors (Lipinski definition) is 2. The Labute approximate surface area is 118 Å². The average Bonchev–Trinajstić information content (AvgIpc) is 3.10. The van der Waals surface area contributed by atoms with Crippen molar-refractivity contribution >= 4 is 5.69 Å². The molecule has 0 fully saturated rings. The minimum Gasteiger partial charge on any atom is -0.378 e. The summed E-state index contributed by atoms with van der Waals surface area (Å²) in [6.07, 6.45) is 8.02. The molecule has 3 rings (SSSR count). The molecule has 0 amide bonds. The van der Waals surface area contributed by atoms with Gasteiger partial charge in [0.25, 0.3) is 0 Å². The quantitative estimate of drug-likeness (QED) is 0.785. The lowest BCUT2D eigenvalue weighted by atomic mass is 10.1. The van der Waals surface area contributed by atoms with E-state index in [1.54, 1.807) is 0 Å². The molecule has 1 aromatic carbocycles. The summed E-state index contributed by atoms with van der Waals surface area (Å²) in [5.74, 6) is 0. The van der Waals surface area contributed by atoms with Crippen LogP contribution in [0.15, 0.2) is 61.2 Å². The third kappa shape index (κ3) is 2.59. The van der Waals surface area contributed by atoms with Crippen molar-refractivity contribution in [3.8, 4) is 5.69 Å².